The number of carbonyl (C=O) groups is 1. The number of urea groups is 1. The Morgan fingerprint density at radius 2 is 2.21 bits per heavy atom. The zero-order chi connectivity index (χ0) is 10.0. The van der Waals surface area contributed by atoms with Crippen LogP contribution in [0.4, 0.5) is 4.79 Å². The van der Waals surface area contributed by atoms with E-state index in [1.165, 1.54) is 0 Å². The SMILES string of the molecule is O=C1NCCCN1CCC1(O)CCC1. The first-order valence-electron chi connectivity index (χ1n) is 5.45. The van der Waals surface area contributed by atoms with Gasteiger partial charge in [0.1, 0.15) is 0 Å². The van der Waals surface area contributed by atoms with E-state index >= 15 is 0 Å². The first-order chi connectivity index (χ1) is 6.70. The molecule has 2 rings (SSSR count). The molecule has 0 bridgehead atoms. The topological polar surface area (TPSA) is 52.6 Å². The minimum Gasteiger partial charge on any atom is -0.390 e. The van der Waals surface area contributed by atoms with Crippen LogP contribution in [0.1, 0.15) is 32.1 Å². The molecule has 2 aliphatic rings. The highest BCUT2D eigenvalue weighted by Crippen LogP contribution is 2.34. The van der Waals surface area contributed by atoms with E-state index in [1.807, 2.05) is 0 Å². The first kappa shape index (κ1) is 9.77. The van der Waals surface area contributed by atoms with Gasteiger partial charge in [-0.3, -0.25) is 0 Å². The van der Waals surface area contributed by atoms with Crippen molar-refractivity contribution in [2.45, 2.75) is 37.7 Å². The number of hydrogen-bond donors (Lipinski definition) is 2. The van der Waals surface area contributed by atoms with E-state index in [-0.39, 0.29) is 6.03 Å². The Kier molecular flexibility index (Phi) is 2.63. The third-order valence-electron chi connectivity index (χ3n) is 3.30. The van der Waals surface area contributed by atoms with Gasteiger partial charge in [0.15, 0.2) is 0 Å². The van der Waals surface area contributed by atoms with Crippen molar-refractivity contribution in [3.63, 3.8) is 0 Å². The Morgan fingerprint density at radius 3 is 2.79 bits per heavy atom. The van der Waals surface area contributed by atoms with Crippen molar-refractivity contribution in [3.05, 3.63) is 0 Å². The molecular weight excluding hydrogens is 180 g/mol. The Morgan fingerprint density at radius 1 is 1.43 bits per heavy atom. The molecule has 0 aromatic carbocycles. The molecule has 2 amide bonds. The highest BCUT2D eigenvalue weighted by atomic mass is 16.3. The molecule has 4 heteroatoms. The molecule has 1 heterocycles. The quantitative estimate of drug-likeness (QED) is 0.701. The fourth-order valence-electron chi connectivity index (χ4n) is 2.07. The lowest BCUT2D eigenvalue weighted by Crippen LogP contribution is -2.49. The Bertz CT molecular complexity index is 226. The van der Waals surface area contributed by atoms with E-state index in [9.17, 15) is 9.90 Å². The number of nitrogens with one attached hydrogen (secondary N) is 1. The molecule has 1 aliphatic carbocycles. The lowest BCUT2D eigenvalue weighted by atomic mass is 9.78. The molecule has 1 saturated carbocycles. The summed E-state index contributed by atoms with van der Waals surface area (Å²) in [5.41, 5.74) is -0.461. The first-order valence-corrected chi connectivity index (χ1v) is 5.45. The van der Waals surface area contributed by atoms with E-state index < -0.39 is 5.60 Å². The van der Waals surface area contributed by atoms with Crippen molar-refractivity contribution in [2.75, 3.05) is 19.6 Å². The fraction of sp³-hybridized carbons (Fsp3) is 0.900. The zero-order valence-electron chi connectivity index (χ0n) is 8.46. The number of aliphatic hydroxyl groups is 1. The second-order valence-electron chi connectivity index (χ2n) is 4.40. The van der Waals surface area contributed by atoms with Crippen LogP contribution in [0.2, 0.25) is 0 Å². The largest absolute Gasteiger partial charge is 0.390 e. The van der Waals surface area contributed by atoms with Gasteiger partial charge in [0.25, 0.3) is 0 Å². The summed E-state index contributed by atoms with van der Waals surface area (Å²) in [6, 6.07) is 0.0270. The minimum atomic E-state index is -0.461. The average Bonchev–Trinajstić information content (AvgIpc) is 2.14. The Labute approximate surface area is 84.3 Å². The van der Waals surface area contributed by atoms with Gasteiger partial charge in [-0.15, -0.1) is 0 Å². The molecule has 1 aliphatic heterocycles. The van der Waals surface area contributed by atoms with Crippen LogP contribution < -0.4 is 5.32 Å². The predicted molar refractivity (Wildman–Crippen MR) is 53.0 cm³/mol. The lowest BCUT2D eigenvalue weighted by molar-refractivity contribution is -0.0444. The summed E-state index contributed by atoms with van der Waals surface area (Å²) >= 11 is 0. The predicted octanol–water partition coefficient (Wildman–Crippen LogP) is 0.707. The van der Waals surface area contributed by atoms with Gasteiger partial charge in [-0.25, -0.2) is 4.79 Å². The van der Waals surface area contributed by atoms with Gasteiger partial charge in [-0.2, -0.15) is 0 Å². The molecule has 0 spiro atoms. The molecule has 2 fully saturated rings. The molecule has 0 aromatic heterocycles. The molecule has 4 nitrogen and oxygen atoms in total. The molecule has 14 heavy (non-hydrogen) atoms. The summed E-state index contributed by atoms with van der Waals surface area (Å²) < 4.78 is 0. The maximum atomic E-state index is 11.4. The van der Waals surface area contributed by atoms with Gasteiger partial charge in [0, 0.05) is 19.6 Å². The van der Waals surface area contributed by atoms with Crippen LogP contribution in [0.15, 0.2) is 0 Å². The molecule has 2 N–H and O–H groups in total. The summed E-state index contributed by atoms with van der Waals surface area (Å²) in [6.45, 7) is 2.32. The third-order valence-corrected chi connectivity index (χ3v) is 3.30. The summed E-state index contributed by atoms with van der Waals surface area (Å²) in [5, 5.41) is 12.7. The Balaban J connectivity index is 1.76. The summed E-state index contributed by atoms with van der Waals surface area (Å²) in [7, 11) is 0. The summed E-state index contributed by atoms with van der Waals surface area (Å²) in [5.74, 6) is 0. The van der Waals surface area contributed by atoms with Crippen molar-refractivity contribution in [1.29, 1.82) is 0 Å². The Hall–Kier alpha value is -0.770. The smallest absolute Gasteiger partial charge is 0.317 e. The van der Waals surface area contributed by atoms with Gasteiger partial charge in [0.05, 0.1) is 5.60 Å². The van der Waals surface area contributed by atoms with Crippen LogP contribution in [0.5, 0.6) is 0 Å². The molecule has 0 unspecified atom stereocenters. The maximum Gasteiger partial charge on any atom is 0.317 e. The third kappa shape index (κ3) is 2.00. The highest BCUT2D eigenvalue weighted by Gasteiger charge is 2.34. The second kappa shape index (κ2) is 3.77. The van der Waals surface area contributed by atoms with E-state index in [2.05, 4.69) is 5.32 Å². The van der Waals surface area contributed by atoms with Crippen molar-refractivity contribution < 1.29 is 9.90 Å². The van der Waals surface area contributed by atoms with E-state index in [0.717, 1.165) is 45.2 Å². The highest BCUT2D eigenvalue weighted by molar-refractivity contribution is 5.74. The van der Waals surface area contributed by atoms with Crippen LogP contribution in [0.25, 0.3) is 0 Å². The second-order valence-corrected chi connectivity index (χ2v) is 4.40. The number of hydrogen-bond acceptors (Lipinski definition) is 2. The standard InChI is InChI=1S/C10H18N2O2/c13-9-11-6-2-7-12(9)8-5-10(14)3-1-4-10/h14H,1-8H2,(H,11,13). The minimum absolute atomic E-state index is 0.0270. The van der Waals surface area contributed by atoms with E-state index in [0.29, 0.717) is 6.54 Å². The average molecular weight is 198 g/mol. The van der Waals surface area contributed by atoms with Crippen molar-refractivity contribution in [1.82, 2.24) is 10.2 Å². The van der Waals surface area contributed by atoms with Gasteiger partial charge in [-0.05, 0) is 32.1 Å². The molecule has 1 saturated heterocycles. The molecular formula is C10H18N2O2. The molecule has 0 aromatic rings. The van der Waals surface area contributed by atoms with Gasteiger partial charge in [0.2, 0.25) is 0 Å². The lowest BCUT2D eigenvalue weighted by Gasteiger charge is -2.38. The van der Waals surface area contributed by atoms with Gasteiger partial charge >= 0.3 is 6.03 Å². The number of rotatable bonds is 3. The van der Waals surface area contributed by atoms with Gasteiger partial charge in [-0.1, -0.05) is 0 Å². The van der Waals surface area contributed by atoms with Crippen LogP contribution in [0.3, 0.4) is 0 Å². The van der Waals surface area contributed by atoms with E-state index in [4.69, 9.17) is 0 Å². The maximum absolute atomic E-state index is 11.4. The zero-order valence-corrected chi connectivity index (χ0v) is 8.46. The normalized spacial score (nSPS) is 25.5. The fourth-order valence-corrected chi connectivity index (χ4v) is 2.07. The van der Waals surface area contributed by atoms with Crippen LogP contribution in [-0.4, -0.2) is 41.3 Å². The number of nitrogens with zero attached hydrogens (tertiary/aromatic N) is 1. The van der Waals surface area contributed by atoms with E-state index in [1.54, 1.807) is 4.90 Å². The number of carbonyl (C=O) groups excluding carboxylic acids is 1. The summed E-state index contributed by atoms with van der Waals surface area (Å²) in [6.07, 6.45) is 4.69. The van der Waals surface area contributed by atoms with Crippen LogP contribution >= 0.6 is 0 Å². The van der Waals surface area contributed by atoms with Crippen LogP contribution in [0, 0.1) is 0 Å². The van der Waals surface area contributed by atoms with Gasteiger partial charge < -0.3 is 15.3 Å². The molecule has 0 atom stereocenters. The van der Waals surface area contributed by atoms with Crippen molar-refractivity contribution in [3.8, 4) is 0 Å². The molecule has 80 valence electrons. The van der Waals surface area contributed by atoms with Crippen LogP contribution in [-0.2, 0) is 0 Å². The van der Waals surface area contributed by atoms with Crippen molar-refractivity contribution in [2.24, 2.45) is 0 Å². The number of amides is 2. The summed E-state index contributed by atoms with van der Waals surface area (Å²) in [4.78, 5) is 13.2. The molecule has 0 radical (unpaired) electrons. The monoisotopic (exact) mass is 198 g/mol. The van der Waals surface area contributed by atoms with Crippen molar-refractivity contribution >= 4 is 6.03 Å².